The van der Waals surface area contributed by atoms with Crippen molar-refractivity contribution in [3.8, 4) is 11.5 Å². The molecule has 1 aliphatic heterocycles. The van der Waals surface area contributed by atoms with Gasteiger partial charge in [-0.2, -0.15) is 10.1 Å². The van der Waals surface area contributed by atoms with Gasteiger partial charge in [0.25, 0.3) is 11.8 Å². The van der Waals surface area contributed by atoms with Crippen LogP contribution in [0.15, 0.2) is 29.4 Å². The van der Waals surface area contributed by atoms with Crippen molar-refractivity contribution < 1.29 is 19.1 Å². The lowest BCUT2D eigenvalue weighted by molar-refractivity contribution is -0.140. The number of ether oxygens (including phenoxy) is 2. The lowest BCUT2D eigenvalue weighted by Gasteiger charge is -2.37. The van der Waals surface area contributed by atoms with Crippen LogP contribution in [0.2, 0.25) is 0 Å². The average molecular weight is 466 g/mol. The summed E-state index contributed by atoms with van der Waals surface area (Å²) in [7, 11) is 3.15. The van der Waals surface area contributed by atoms with Gasteiger partial charge in [-0.05, 0) is 65.0 Å². The predicted molar refractivity (Wildman–Crippen MR) is 104 cm³/mol. The maximum atomic E-state index is 12.8. The molecule has 2 bridgehead atoms. The summed E-state index contributed by atoms with van der Waals surface area (Å²) < 4.78 is 11.5. The Bertz CT molecular complexity index is 803. The number of allylic oxidation sites excluding steroid dienone is 2. The van der Waals surface area contributed by atoms with E-state index in [9.17, 15) is 9.59 Å². The first-order valence-corrected chi connectivity index (χ1v) is 9.64. The monoisotopic (exact) mass is 466 g/mol. The molecule has 1 aromatic rings. The molecule has 5 rings (SSSR count). The molecule has 1 heterocycles. The van der Waals surface area contributed by atoms with Gasteiger partial charge in [0, 0.05) is 0 Å². The van der Waals surface area contributed by atoms with Gasteiger partial charge in [-0.15, -0.1) is 0 Å². The van der Waals surface area contributed by atoms with Gasteiger partial charge in [0.15, 0.2) is 11.5 Å². The van der Waals surface area contributed by atoms with E-state index in [4.69, 9.17) is 9.47 Å². The van der Waals surface area contributed by atoms with E-state index in [1.165, 1.54) is 6.21 Å². The fraction of sp³-hybridized carbons (Fsp3) is 0.421. The number of nitrogens with zero attached hydrogens (tertiary/aromatic N) is 2. The Morgan fingerprint density at radius 1 is 1.08 bits per heavy atom. The highest BCUT2D eigenvalue weighted by Gasteiger charge is 2.56. The largest absolute Gasteiger partial charge is 0.493 e. The second-order valence-corrected chi connectivity index (χ2v) is 7.97. The van der Waals surface area contributed by atoms with E-state index < -0.39 is 0 Å². The zero-order chi connectivity index (χ0) is 18.4. The summed E-state index contributed by atoms with van der Waals surface area (Å²) in [6, 6.07) is 3.64. The lowest BCUT2D eigenvalue weighted by atomic mass is 9.63. The molecule has 0 aromatic heterocycles. The molecule has 2 amide bonds. The molecular formula is C19H19IN2O4. The minimum atomic E-state index is -0.242. The summed E-state index contributed by atoms with van der Waals surface area (Å²) in [4.78, 5) is 25.5. The van der Waals surface area contributed by atoms with Crippen LogP contribution in [0.3, 0.4) is 0 Å². The minimum absolute atomic E-state index is 0.170. The standard InChI is InChI=1S/C19H19IN2O4/c1-25-14-8-10(7-13(20)17(14)26-2)9-21-22-18(23)15-11-3-4-12(6-5-11)16(15)19(22)24/h3-4,7-9,11-12,15-16H,5-6H2,1-2H3/b21-9-/t11-,12+,15-,16+. The van der Waals surface area contributed by atoms with Crippen molar-refractivity contribution in [1.29, 1.82) is 0 Å². The summed E-state index contributed by atoms with van der Waals surface area (Å²) in [5.74, 6) is 0.731. The molecule has 136 valence electrons. The van der Waals surface area contributed by atoms with Crippen LogP contribution in [0.5, 0.6) is 11.5 Å². The normalized spacial score (nSPS) is 29.6. The highest BCUT2D eigenvalue weighted by atomic mass is 127. The van der Waals surface area contributed by atoms with Crippen LogP contribution in [0.1, 0.15) is 18.4 Å². The molecule has 3 aliphatic carbocycles. The summed E-state index contributed by atoms with van der Waals surface area (Å²) in [5.41, 5.74) is 0.739. The molecular weight excluding hydrogens is 447 g/mol. The SMILES string of the molecule is COc1cc(/C=N\N2C(=O)[C@@H]3[C@H](C2=O)[C@@H]2C=C[C@H]3CC2)cc(I)c1OC. The Kier molecular flexibility index (Phi) is 4.50. The number of carbonyl (C=O) groups excluding carboxylic acids is 2. The molecule has 6 nitrogen and oxygen atoms in total. The van der Waals surface area contributed by atoms with E-state index in [0.29, 0.717) is 11.5 Å². The molecule has 1 saturated heterocycles. The molecule has 1 aromatic carbocycles. The number of halogens is 1. The van der Waals surface area contributed by atoms with Crippen molar-refractivity contribution in [1.82, 2.24) is 5.01 Å². The Morgan fingerprint density at radius 2 is 1.69 bits per heavy atom. The Balaban J connectivity index is 1.61. The Labute approximate surface area is 165 Å². The number of hydrogen-bond donors (Lipinski definition) is 0. The second-order valence-electron chi connectivity index (χ2n) is 6.81. The molecule has 7 heteroatoms. The maximum absolute atomic E-state index is 12.8. The highest BCUT2D eigenvalue weighted by Crippen LogP contribution is 2.49. The summed E-state index contributed by atoms with van der Waals surface area (Å²) in [5, 5.41) is 5.30. The highest BCUT2D eigenvalue weighted by molar-refractivity contribution is 14.1. The van der Waals surface area contributed by atoms with E-state index in [1.54, 1.807) is 20.3 Å². The van der Waals surface area contributed by atoms with E-state index in [0.717, 1.165) is 27.0 Å². The summed E-state index contributed by atoms with van der Waals surface area (Å²) in [6.45, 7) is 0. The third-order valence-electron chi connectivity index (χ3n) is 5.51. The van der Waals surface area contributed by atoms with Crippen molar-refractivity contribution in [3.63, 3.8) is 0 Å². The molecule has 0 radical (unpaired) electrons. The smallest absolute Gasteiger partial charge is 0.254 e. The molecule has 26 heavy (non-hydrogen) atoms. The van der Waals surface area contributed by atoms with Gasteiger partial charge in [0.2, 0.25) is 0 Å². The number of rotatable bonds is 4. The molecule has 4 aliphatic rings. The maximum Gasteiger partial charge on any atom is 0.254 e. The molecule has 0 spiro atoms. The first kappa shape index (κ1) is 17.5. The lowest BCUT2D eigenvalue weighted by Crippen LogP contribution is -2.38. The zero-order valence-corrected chi connectivity index (χ0v) is 16.7. The van der Waals surface area contributed by atoms with Crippen LogP contribution in [-0.2, 0) is 9.59 Å². The molecule has 1 saturated carbocycles. The van der Waals surface area contributed by atoms with Gasteiger partial charge < -0.3 is 9.47 Å². The molecule has 0 unspecified atom stereocenters. The van der Waals surface area contributed by atoms with Crippen molar-refractivity contribution in [2.75, 3.05) is 14.2 Å². The first-order valence-electron chi connectivity index (χ1n) is 8.56. The van der Waals surface area contributed by atoms with E-state index in [-0.39, 0.29) is 35.5 Å². The first-order chi connectivity index (χ1) is 12.5. The molecule has 2 fully saturated rings. The van der Waals surface area contributed by atoms with E-state index in [2.05, 4.69) is 39.8 Å². The number of carbonyl (C=O) groups is 2. The summed E-state index contributed by atoms with van der Waals surface area (Å²) >= 11 is 2.15. The third kappa shape index (κ3) is 2.64. The second kappa shape index (κ2) is 6.68. The number of hydrazone groups is 1. The quantitative estimate of drug-likeness (QED) is 0.296. The van der Waals surface area contributed by atoms with E-state index >= 15 is 0 Å². The van der Waals surface area contributed by atoms with Crippen molar-refractivity contribution >= 4 is 40.6 Å². The number of hydrogen-bond acceptors (Lipinski definition) is 5. The van der Waals surface area contributed by atoms with Crippen LogP contribution < -0.4 is 9.47 Å². The van der Waals surface area contributed by atoms with Gasteiger partial charge in [-0.3, -0.25) is 9.59 Å². The summed E-state index contributed by atoms with van der Waals surface area (Å²) in [6.07, 6.45) is 7.70. The average Bonchev–Trinajstić information content (AvgIpc) is 2.93. The number of benzene rings is 1. The van der Waals surface area contributed by atoms with Crippen LogP contribution in [0, 0.1) is 27.2 Å². The number of methoxy groups -OCH3 is 2. The minimum Gasteiger partial charge on any atom is -0.493 e. The van der Waals surface area contributed by atoms with Gasteiger partial charge in [-0.1, -0.05) is 12.2 Å². The molecule has 4 atom stereocenters. The van der Waals surface area contributed by atoms with Crippen LogP contribution in [0.25, 0.3) is 0 Å². The van der Waals surface area contributed by atoms with Gasteiger partial charge in [0.05, 0.1) is 35.8 Å². The fourth-order valence-electron chi connectivity index (χ4n) is 4.31. The van der Waals surface area contributed by atoms with Crippen LogP contribution in [0.4, 0.5) is 0 Å². The van der Waals surface area contributed by atoms with Crippen LogP contribution >= 0.6 is 22.6 Å². The zero-order valence-electron chi connectivity index (χ0n) is 14.5. The molecule has 0 N–H and O–H groups in total. The van der Waals surface area contributed by atoms with Crippen molar-refractivity contribution in [3.05, 3.63) is 33.4 Å². The van der Waals surface area contributed by atoms with Gasteiger partial charge in [-0.25, -0.2) is 0 Å². The third-order valence-corrected chi connectivity index (χ3v) is 6.32. The topological polar surface area (TPSA) is 68.2 Å². The Hall–Kier alpha value is -1.90. The fourth-order valence-corrected chi connectivity index (χ4v) is 5.15. The van der Waals surface area contributed by atoms with Crippen LogP contribution in [-0.4, -0.2) is 37.3 Å². The predicted octanol–water partition coefficient (Wildman–Crippen LogP) is 2.84. The van der Waals surface area contributed by atoms with E-state index in [1.807, 2.05) is 6.07 Å². The Morgan fingerprint density at radius 3 is 2.19 bits per heavy atom. The number of fused-ring (bicyclic) bond motifs is 1. The van der Waals surface area contributed by atoms with Gasteiger partial charge >= 0.3 is 0 Å². The number of imide groups is 1. The van der Waals surface area contributed by atoms with Crippen molar-refractivity contribution in [2.24, 2.45) is 28.8 Å². The van der Waals surface area contributed by atoms with Crippen molar-refractivity contribution in [2.45, 2.75) is 12.8 Å². The number of amides is 2. The van der Waals surface area contributed by atoms with Gasteiger partial charge in [0.1, 0.15) is 0 Å².